The molecule has 7 heteroatoms. The second-order valence-electron chi connectivity index (χ2n) is 3.12. The topological polar surface area (TPSA) is 67.9 Å². The molecule has 0 aliphatic carbocycles. The molecule has 0 spiro atoms. The molecule has 1 aromatic carbocycles. The van der Waals surface area contributed by atoms with E-state index >= 15 is 0 Å². The van der Waals surface area contributed by atoms with Crippen LogP contribution >= 0.6 is 23.2 Å². The zero-order valence-electron chi connectivity index (χ0n) is 8.70. The third-order valence-electron chi connectivity index (χ3n) is 2.03. The average Bonchev–Trinajstić information content (AvgIpc) is 2.80. The minimum Gasteiger partial charge on any atom is -0.463 e. The van der Waals surface area contributed by atoms with Gasteiger partial charge in [-0.1, -0.05) is 23.2 Å². The van der Waals surface area contributed by atoms with Crippen molar-refractivity contribution in [2.75, 3.05) is 7.11 Å². The Labute approximate surface area is 107 Å². The molecule has 5 nitrogen and oxygen atoms in total. The van der Waals surface area contributed by atoms with Crippen LogP contribution in [0.5, 0.6) is 0 Å². The number of halogens is 2. The second kappa shape index (κ2) is 4.73. The zero-order valence-corrected chi connectivity index (χ0v) is 10.2. The summed E-state index contributed by atoms with van der Waals surface area (Å²) < 4.78 is 4.51. The van der Waals surface area contributed by atoms with Gasteiger partial charge < -0.3 is 4.74 Å². The van der Waals surface area contributed by atoms with Gasteiger partial charge in [0.1, 0.15) is 0 Å². The Morgan fingerprint density at radius 3 is 2.88 bits per heavy atom. The number of aromatic amines is 1. The number of rotatable bonds is 2. The standard InChI is InChI=1S/C10H7Cl2N3O2/c1-17-10(16)9-13-8(14-15-9)6-4-5(11)2-3-7(6)12/h2-4H,1H3,(H,13,14,15). The summed E-state index contributed by atoms with van der Waals surface area (Å²) in [5, 5.41) is 7.30. The van der Waals surface area contributed by atoms with E-state index in [1.54, 1.807) is 18.2 Å². The minimum atomic E-state index is -0.595. The molecule has 0 unspecified atom stereocenters. The maximum atomic E-state index is 11.2. The van der Waals surface area contributed by atoms with E-state index < -0.39 is 5.97 Å². The van der Waals surface area contributed by atoms with Gasteiger partial charge in [0.25, 0.3) is 0 Å². The van der Waals surface area contributed by atoms with Gasteiger partial charge in [0.15, 0.2) is 5.82 Å². The molecule has 0 saturated carbocycles. The lowest BCUT2D eigenvalue weighted by molar-refractivity contribution is 0.0587. The Morgan fingerprint density at radius 1 is 1.41 bits per heavy atom. The molecule has 0 fully saturated rings. The number of carbonyl (C=O) groups is 1. The quantitative estimate of drug-likeness (QED) is 0.853. The first-order valence-corrected chi connectivity index (χ1v) is 5.33. The van der Waals surface area contributed by atoms with Crippen molar-refractivity contribution in [1.82, 2.24) is 15.2 Å². The van der Waals surface area contributed by atoms with Crippen molar-refractivity contribution in [2.45, 2.75) is 0 Å². The van der Waals surface area contributed by atoms with E-state index in [4.69, 9.17) is 23.2 Å². The Bertz CT molecular complexity index is 568. The number of hydrogen-bond donors (Lipinski definition) is 1. The first-order valence-electron chi connectivity index (χ1n) is 4.58. The molecule has 0 saturated heterocycles. The maximum absolute atomic E-state index is 11.2. The third kappa shape index (κ3) is 2.40. The van der Waals surface area contributed by atoms with Crippen LogP contribution in [0.2, 0.25) is 10.0 Å². The Kier molecular flexibility index (Phi) is 3.31. The van der Waals surface area contributed by atoms with E-state index in [9.17, 15) is 4.79 Å². The molecule has 1 aromatic heterocycles. The molecule has 0 aliphatic rings. The van der Waals surface area contributed by atoms with Crippen molar-refractivity contribution in [3.8, 4) is 11.4 Å². The van der Waals surface area contributed by atoms with Crippen LogP contribution in [-0.2, 0) is 4.74 Å². The van der Waals surface area contributed by atoms with Crippen molar-refractivity contribution in [3.05, 3.63) is 34.1 Å². The number of esters is 1. The van der Waals surface area contributed by atoms with Gasteiger partial charge in [0.2, 0.25) is 5.82 Å². The molecule has 0 radical (unpaired) electrons. The zero-order chi connectivity index (χ0) is 12.4. The Balaban J connectivity index is 2.43. The number of benzene rings is 1. The van der Waals surface area contributed by atoms with Gasteiger partial charge >= 0.3 is 5.97 Å². The van der Waals surface area contributed by atoms with Crippen LogP contribution < -0.4 is 0 Å². The number of aromatic nitrogens is 3. The number of nitrogens with zero attached hydrogens (tertiary/aromatic N) is 2. The van der Waals surface area contributed by atoms with Crippen molar-refractivity contribution >= 4 is 29.2 Å². The summed E-state index contributed by atoms with van der Waals surface area (Å²) in [4.78, 5) is 15.2. The molecule has 0 amide bonds. The first-order chi connectivity index (χ1) is 8.11. The predicted molar refractivity (Wildman–Crippen MR) is 63.2 cm³/mol. The predicted octanol–water partition coefficient (Wildman–Crippen LogP) is 2.57. The number of ether oxygens (including phenoxy) is 1. The summed E-state index contributed by atoms with van der Waals surface area (Å²) in [5.74, 6) is -0.293. The van der Waals surface area contributed by atoms with Gasteiger partial charge in [-0.05, 0) is 18.2 Å². The molecule has 0 aliphatic heterocycles. The van der Waals surface area contributed by atoms with Crippen LogP contribution in [0, 0.1) is 0 Å². The molecular formula is C10H7Cl2N3O2. The van der Waals surface area contributed by atoms with Crippen LogP contribution in [0.25, 0.3) is 11.4 Å². The molecule has 1 N–H and O–H groups in total. The third-order valence-corrected chi connectivity index (χ3v) is 2.60. The fraction of sp³-hybridized carbons (Fsp3) is 0.100. The van der Waals surface area contributed by atoms with Crippen LogP contribution in [0.4, 0.5) is 0 Å². The van der Waals surface area contributed by atoms with Crippen molar-refractivity contribution < 1.29 is 9.53 Å². The van der Waals surface area contributed by atoms with Gasteiger partial charge in [-0.3, -0.25) is 5.10 Å². The maximum Gasteiger partial charge on any atom is 0.375 e. The van der Waals surface area contributed by atoms with E-state index in [2.05, 4.69) is 19.9 Å². The normalized spacial score (nSPS) is 10.3. The minimum absolute atomic E-state index is 0.0125. The van der Waals surface area contributed by atoms with Crippen LogP contribution in [0.3, 0.4) is 0 Å². The summed E-state index contributed by atoms with van der Waals surface area (Å²) in [6.45, 7) is 0. The molecule has 2 rings (SSSR count). The number of hydrogen-bond acceptors (Lipinski definition) is 4. The number of nitrogens with one attached hydrogen (secondary N) is 1. The molecule has 2 aromatic rings. The van der Waals surface area contributed by atoms with Gasteiger partial charge in [-0.25, -0.2) is 9.78 Å². The Hall–Kier alpha value is -1.59. The Morgan fingerprint density at radius 2 is 2.18 bits per heavy atom. The molecule has 88 valence electrons. The highest BCUT2D eigenvalue weighted by Gasteiger charge is 2.15. The second-order valence-corrected chi connectivity index (χ2v) is 3.97. The van der Waals surface area contributed by atoms with Crippen LogP contribution in [-0.4, -0.2) is 28.3 Å². The van der Waals surface area contributed by atoms with Crippen molar-refractivity contribution in [1.29, 1.82) is 0 Å². The van der Waals surface area contributed by atoms with E-state index in [0.717, 1.165) is 0 Å². The number of H-pyrrole nitrogens is 1. The highest BCUT2D eigenvalue weighted by molar-refractivity contribution is 6.35. The summed E-state index contributed by atoms with van der Waals surface area (Å²) in [6.07, 6.45) is 0. The fourth-order valence-corrected chi connectivity index (χ4v) is 1.61. The summed E-state index contributed by atoms with van der Waals surface area (Å²) in [7, 11) is 1.26. The largest absolute Gasteiger partial charge is 0.463 e. The van der Waals surface area contributed by atoms with Gasteiger partial charge in [0, 0.05) is 10.6 Å². The highest BCUT2D eigenvalue weighted by Crippen LogP contribution is 2.28. The van der Waals surface area contributed by atoms with Crippen LogP contribution in [0.15, 0.2) is 18.2 Å². The monoisotopic (exact) mass is 271 g/mol. The van der Waals surface area contributed by atoms with E-state index in [1.165, 1.54) is 7.11 Å². The molecule has 1 heterocycles. The SMILES string of the molecule is COC(=O)c1nc(-c2cc(Cl)ccc2Cl)n[nH]1. The van der Waals surface area contributed by atoms with Gasteiger partial charge in [0.05, 0.1) is 12.1 Å². The van der Waals surface area contributed by atoms with Crippen molar-refractivity contribution in [2.24, 2.45) is 0 Å². The molecule has 0 atom stereocenters. The first kappa shape index (κ1) is 11.9. The summed E-state index contributed by atoms with van der Waals surface area (Å²) in [5.41, 5.74) is 0.547. The average molecular weight is 272 g/mol. The van der Waals surface area contributed by atoms with Crippen molar-refractivity contribution in [3.63, 3.8) is 0 Å². The summed E-state index contributed by atoms with van der Waals surface area (Å²) >= 11 is 11.8. The highest BCUT2D eigenvalue weighted by atomic mass is 35.5. The molecule has 0 bridgehead atoms. The molecular weight excluding hydrogens is 265 g/mol. The smallest absolute Gasteiger partial charge is 0.375 e. The van der Waals surface area contributed by atoms with E-state index in [1.807, 2.05) is 0 Å². The number of methoxy groups -OCH3 is 1. The fourth-order valence-electron chi connectivity index (χ4n) is 1.24. The van der Waals surface area contributed by atoms with E-state index in [0.29, 0.717) is 15.6 Å². The number of carbonyl (C=O) groups excluding carboxylic acids is 1. The lowest BCUT2D eigenvalue weighted by Crippen LogP contribution is -2.03. The summed E-state index contributed by atoms with van der Waals surface area (Å²) in [6, 6.07) is 4.91. The molecule has 17 heavy (non-hydrogen) atoms. The van der Waals surface area contributed by atoms with Gasteiger partial charge in [-0.2, -0.15) is 5.10 Å². The van der Waals surface area contributed by atoms with E-state index in [-0.39, 0.29) is 11.6 Å². The van der Waals surface area contributed by atoms with Crippen LogP contribution in [0.1, 0.15) is 10.6 Å². The lowest BCUT2D eigenvalue weighted by atomic mass is 10.2. The lowest BCUT2D eigenvalue weighted by Gasteiger charge is -1.99. The van der Waals surface area contributed by atoms with Gasteiger partial charge in [-0.15, -0.1) is 0 Å².